The molecule has 0 atom stereocenters. The largest absolute Gasteiger partial charge is 0.480 e. The van der Waals surface area contributed by atoms with Gasteiger partial charge in [0.1, 0.15) is 0 Å². The number of likely N-dealkylation sites (N-methyl/N-ethyl adjacent to an activating group) is 1. The molecule has 1 aromatic carbocycles. The van der Waals surface area contributed by atoms with Gasteiger partial charge in [-0.15, -0.1) is 0 Å². The topological polar surface area (TPSA) is 113 Å². The number of ether oxygens (including phenoxy) is 1. The van der Waals surface area contributed by atoms with E-state index in [1.54, 1.807) is 0 Å². The van der Waals surface area contributed by atoms with Gasteiger partial charge in [0.05, 0.1) is 24.1 Å². The van der Waals surface area contributed by atoms with Crippen molar-refractivity contribution in [1.82, 2.24) is 9.62 Å². The van der Waals surface area contributed by atoms with Gasteiger partial charge in [-0.05, 0) is 37.6 Å². The minimum Gasteiger partial charge on any atom is -0.480 e. The third kappa shape index (κ3) is 4.77. The summed E-state index contributed by atoms with van der Waals surface area (Å²) in [5.74, 6) is -1.50. The number of carboxylic acids is 1. The Kier molecular flexibility index (Phi) is 6.15. The van der Waals surface area contributed by atoms with Gasteiger partial charge in [-0.2, -0.15) is 0 Å². The number of benzene rings is 1. The van der Waals surface area contributed by atoms with Crippen molar-refractivity contribution < 1.29 is 27.9 Å². The van der Waals surface area contributed by atoms with E-state index in [-0.39, 0.29) is 29.1 Å². The van der Waals surface area contributed by atoms with Crippen LogP contribution in [-0.2, 0) is 19.6 Å². The zero-order valence-corrected chi connectivity index (χ0v) is 15.0. The molecule has 0 aliphatic heterocycles. The van der Waals surface area contributed by atoms with Crippen molar-refractivity contribution in [3.8, 4) is 0 Å². The number of rotatable bonds is 8. The normalized spacial score (nSPS) is 20.1. The molecule has 1 aliphatic rings. The molecule has 2 N–H and O–H groups in total. The second kappa shape index (κ2) is 7.94. The maximum Gasteiger partial charge on any atom is 0.337 e. The number of carbonyl (C=O) groups is 2. The first-order chi connectivity index (χ1) is 11.8. The highest BCUT2D eigenvalue weighted by atomic mass is 32.2. The van der Waals surface area contributed by atoms with Crippen LogP contribution in [-0.4, -0.2) is 62.6 Å². The fourth-order valence-electron chi connectivity index (χ4n) is 2.85. The number of nitrogens with zero attached hydrogens (tertiary/aromatic N) is 1. The third-order valence-electron chi connectivity index (χ3n) is 4.26. The average Bonchev–Trinajstić information content (AvgIpc) is 2.55. The monoisotopic (exact) mass is 370 g/mol. The summed E-state index contributed by atoms with van der Waals surface area (Å²) in [5, 5.41) is 8.88. The maximum atomic E-state index is 12.5. The number of aliphatic carboxylic acids is 1. The molecular formula is C16H22N2O6S. The van der Waals surface area contributed by atoms with Gasteiger partial charge in [0, 0.05) is 12.1 Å². The number of hydrogen-bond donors (Lipinski definition) is 2. The molecule has 0 radical (unpaired) electrons. The van der Waals surface area contributed by atoms with Gasteiger partial charge in [0.15, 0.2) is 0 Å². The molecule has 0 heterocycles. The molecule has 2 rings (SSSR count). The van der Waals surface area contributed by atoms with E-state index >= 15 is 0 Å². The van der Waals surface area contributed by atoms with Crippen molar-refractivity contribution in [2.45, 2.75) is 36.7 Å². The third-order valence-corrected chi connectivity index (χ3v) is 5.78. The van der Waals surface area contributed by atoms with Crippen molar-refractivity contribution in [3.63, 3.8) is 0 Å². The molecule has 1 saturated carbocycles. The second-order valence-electron chi connectivity index (χ2n) is 5.92. The number of carboxylic acid groups (broad SMARTS) is 1. The van der Waals surface area contributed by atoms with Crippen LogP contribution in [0.5, 0.6) is 0 Å². The lowest BCUT2D eigenvalue weighted by Gasteiger charge is -2.42. The number of esters is 1. The van der Waals surface area contributed by atoms with Crippen LogP contribution in [0.2, 0.25) is 0 Å². The van der Waals surface area contributed by atoms with E-state index in [9.17, 15) is 18.0 Å². The first kappa shape index (κ1) is 19.4. The number of nitrogens with one attached hydrogen (secondary N) is 1. The SMILES string of the molecule is CCN(CC(=O)O)C1CC(NS(=O)(=O)c2cccc(C(=O)OC)c2)C1. The number of hydrogen-bond acceptors (Lipinski definition) is 6. The number of sulfonamides is 1. The Labute approximate surface area is 146 Å². The predicted molar refractivity (Wildman–Crippen MR) is 89.8 cm³/mol. The minimum atomic E-state index is -3.76. The molecule has 138 valence electrons. The summed E-state index contributed by atoms with van der Waals surface area (Å²) >= 11 is 0. The van der Waals surface area contributed by atoms with Crippen molar-refractivity contribution in [3.05, 3.63) is 29.8 Å². The summed E-state index contributed by atoms with van der Waals surface area (Å²) in [6.45, 7) is 2.41. The lowest BCUT2D eigenvalue weighted by atomic mass is 9.86. The molecular weight excluding hydrogens is 348 g/mol. The Bertz CT molecular complexity index is 743. The summed E-state index contributed by atoms with van der Waals surface area (Å²) in [6, 6.07) is 5.45. The Morgan fingerprint density at radius 3 is 2.60 bits per heavy atom. The minimum absolute atomic E-state index is 0.00302. The Morgan fingerprint density at radius 2 is 2.04 bits per heavy atom. The molecule has 0 spiro atoms. The maximum absolute atomic E-state index is 12.5. The molecule has 25 heavy (non-hydrogen) atoms. The second-order valence-corrected chi connectivity index (χ2v) is 7.63. The Hall–Kier alpha value is -1.97. The molecule has 8 nitrogen and oxygen atoms in total. The van der Waals surface area contributed by atoms with Crippen LogP contribution in [0, 0.1) is 0 Å². The van der Waals surface area contributed by atoms with E-state index in [4.69, 9.17) is 5.11 Å². The first-order valence-corrected chi connectivity index (χ1v) is 9.41. The molecule has 1 aliphatic carbocycles. The van der Waals surface area contributed by atoms with Gasteiger partial charge in [-0.3, -0.25) is 9.69 Å². The first-order valence-electron chi connectivity index (χ1n) is 7.93. The van der Waals surface area contributed by atoms with Crippen molar-refractivity contribution >= 4 is 22.0 Å². The highest BCUT2D eigenvalue weighted by Crippen LogP contribution is 2.27. The lowest BCUT2D eigenvalue weighted by molar-refractivity contribution is -0.139. The van der Waals surface area contributed by atoms with Crippen LogP contribution in [0.1, 0.15) is 30.1 Å². The van der Waals surface area contributed by atoms with Gasteiger partial charge in [-0.1, -0.05) is 13.0 Å². The van der Waals surface area contributed by atoms with E-state index in [1.807, 2.05) is 11.8 Å². The summed E-state index contributed by atoms with van der Waals surface area (Å²) < 4.78 is 32.1. The highest BCUT2D eigenvalue weighted by Gasteiger charge is 2.36. The summed E-state index contributed by atoms with van der Waals surface area (Å²) in [4.78, 5) is 24.2. The molecule has 1 fully saturated rings. The van der Waals surface area contributed by atoms with Crippen LogP contribution < -0.4 is 4.72 Å². The van der Waals surface area contributed by atoms with Crippen LogP contribution in [0.4, 0.5) is 0 Å². The predicted octanol–water partition coefficient (Wildman–Crippen LogP) is 0.689. The molecule has 0 aromatic heterocycles. The Balaban J connectivity index is 1.99. The fraction of sp³-hybridized carbons (Fsp3) is 0.500. The van der Waals surface area contributed by atoms with Crippen molar-refractivity contribution in [1.29, 1.82) is 0 Å². The average molecular weight is 370 g/mol. The standard InChI is InChI=1S/C16H22N2O6S/c1-3-18(10-15(19)20)13-8-12(9-13)17-25(22,23)14-6-4-5-11(7-14)16(21)24-2/h4-7,12-13,17H,3,8-10H2,1-2H3,(H,19,20). The summed E-state index contributed by atoms with van der Waals surface area (Å²) in [6.07, 6.45) is 1.11. The summed E-state index contributed by atoms with van der Waals surface area (Å²) in [7, 11) is -2.53. The van der Waals surface area contributed by atoms with Gasteiger partial charge in [0.2, 0.25) is 10.0 Å². The molecule has 9 heteroatoms. The zero-order valence-electron chi connectivity index (χ0n) is 14.1. The van der Waals surface area contributed by atoms with Gasteiger partial charge >= 0.3 is 11.9 Å². The van der Waals surface area contributed by atoms with E-state index in [0.717, 1.165) is 0 Å². The van der Waals surface area contributed by atoms with Gasteiger partial charge in [0.25, 0.3) is 0 Å². The van der Waals surface area contributed by atoms with Crippen LogP contribution in [0.3, 0.4) is 0 Å². The smallest absolute Gasteiger partial charge is 0.337 e. The van der Waals surface area contributed by atoms with E-state index in [1.165, 1.54) is 31.4 Å². The number of carbonyl (C=O) groups excluding carboxylic acids is 1. The highest BCUT2D eigenvalue weighted by molar-refractivity contribution is 7.89. The lowest BCUT2D eigenvalue weighted by Crippen LogP contribution is -2.54. The van der Waals surface area contributed by atoms with Gasteiger partial charge < -0.3 is 9.84 Å². The quantitative estimate of drug-likeness (QED) is 0.647. The molecule has 1 aromatic rings. The Morgan fingerprint density at radius 1 is 1.36 bits per heavy atom. The molecule has 0 unspecified atom stereocenters. The summed E-state index contributed by atoms with van der Waals surface area (Å²) in [5.41, 5.74) is 0.162. The van der Waals surface area contributed by atoms with Crippen LogP contribution >= 0.6 is 0 Å². The van der Waals surface area contributed by atoms with Crippen molar-refractivity contribution in [2.24, 2.45) is 0 Å². The molecule has 0 amide bonds. The fourth-order valence-corrected chi connectivity index (χ4v) is 4.16. The van der Waals surface area contributed by atoms with Crippen LogP contribution in [0.25, 0.3) is 0 Å². The van der Waals surface area contributed by atoms with E-state index in [2.05, 4.69) is 9.46 Å². The van der Waals surface area contributed by atoms with E-state index in [0.29, 0.717) is 19.4 Å². The van der Waals surface area contributed by atoms with Gasteiger partial charge in [-0.25, -0.2) is 17.9 Å². The van der Waals surface area contributed by atoms with Crippen molar-refractivity contribution in [2.75, 3.05) is 20.2 Å². The van der Waals surface area contributed by atoms with Crippen LogP contribution in [0.15, 0.2) is 29.2 Å². The zero-order chi connectivity index (χ0) is 18.6. The number of methoxy groups -OCH3 is 1. The molecule has 0 saturated heterocycles. The van der Waals surface area contributed by atoms with E-state index < -0.39 is 22.0 Å². The molecule has 0 bridgehead atoms.